The van der Waals surface area contributed by atoms with Crippen molar-refractivity contribution in [2.45, 2.75) is 0 Å². The maximum Gasteiger partial charge on any atom is 0.165 e. The van der Waals surface area contributed by atoms with Crippen LogP contribution in [0.4, 0.5) is 0 Å². The predicted octanol–water partition coefficient (Wildman–Crippen LogP) is 13.6. The van der Waals surface area contributed by atoms with Crippen molar-refractivity contribution in [1.29, 1.82) is 0 Å². The standard InChI is InChI=1S/C53H34N4/c1-2-15-45(16-3-1)57-52(56-51-47(26-28-55-53(51)57)40-25-22-35-11-4-5-12-38(35)29-40)37-23-20-36(21-24-37)42-30-43(41-14-10-27-54-34-41)32-44(31-42)50-33-39-13-6-7-17-46(39)48-18-8-9-19-49(48)50/h1-34H. The number of rotatable bonds is 6. The minimum absolute atomic E-state index is 0.822. The molecule has 0 saturated heterocycles. The normalized spacial score (nSPS) is 11.5. The Kier molecular flexibility index (Phi) is 7.78. The average molecular weight is 727 g/mol. The smallest absolute Gasteiger partial charge is 0.165 e. The first-order valence-electron chi connectivity index (χ1n) is 19.2. The Hall–Kier alpha value is -7.69. The molecule has 0 unspecified atom stereocenters. The Morgan fingerprint density at radius 1 is 0.368 bits per heavy atom. The molecule has 0 amide bonds. The van der Waals surface area contributed by atoms with Crippen LogP contribution in [0, 0.1) is 0 Å². The molecule has 57 heavy (non-hydrogen) atoms. The van der Waals surface area contributed by atoms with Crippen molar-refractivity contribution in [3.05, 3.63) is 207 Å². The molecule has 0 aliphatic carbocycles. The molecule has 0 fully saturated rings. The van der Waals surface area contributed by atoms with E-state index in [-0.39, 0.29) is 0 Å². The highest BCUT2D eigenvalue weighted by Gasteiger charge is 2.19. The van der Waals surface area contributed by atoms with Crippen molar-refractivity contribution in [3.63, 3.8) is 0 Å². The Balaban J connectivity index is 1.07. The van der Waals surface area contributed by atoms with Crippen LogP contribution in [0.15, 0.2) is 207 Å². The summed E-state index contributed by atoms with van der Waals surface area (Å²) in [6.07, 6.45) is 5.66. The van der Waals surface area contributed by atoms with E-state index in [1.165, 1.54) is 37.9 Å². The second kappa shape index (κ2) is 13.6. The van der Waals surface area contributed by atoms with Gasteiger partial charge in [-0.15, -0.1) is 0 Å². The number of fused-ring (bicyclic) bond motifs is 5. The van der Waals surface area contributed by atoms with Crippen LogP contribution in [-0.4, -0.2) is 19.5 Å². The third kappa shape index (κ3) is 5.74. The van der Waals surface area contributed by atoms with E-state index in [0.717, 1.165) is 67.2 Å². The van der Waals surface area contributed by atoms with Gasteiger partial charge in [-0.05, 0) is 120 Å². The molecule has 0 bridgehead atoms. The van der Waals surface area contributed by atoms with Gasteiger partial charge in [0.05, 0.1) is 0 Å². The lowest BCUT2D eigenvalue weighted by Crippen LogP contribution is -1.98. The Bertz CT molecular complexity index is 3280. The number of para-hydroxylation sites is 1. The molecule has 0 N–H and O–H groups in total. The summed E-state index contributed by atoms with van der Waals surface area (Å²) in [6.45, 7) is 0. The number of pyridine rings is 2. The number of benzene rings is 8. The molecule has 266 valence electrons. The van der Waals surface area contributed by atoms with Gasteiger partial charge in [-0.1, -0.05) is 133 Å². The first kappa shape index (κ1) is 32.7. The summed E-state index contributed by atoms with van der Waals surface area (Å²) in [7, 11) is 0. The topological polar surface area (TPSA) is 43.6 Å². The average Bonchev–Trinajstić information content (AvgIpc) is 3.69. The van der Waals surface area contributed by atoms with Crippen molar-refractivity contribution in [1.82, 2.24) is 19.5 Å². The van der Waals surface area contributed by atoms with Crippen molar-refractivity contribution >= 4 is 43.5 Å². The maximum absolute atomic E-state index is 5.37. The van der Waals surface area contributed by atoms with Crippen molar-refractivity contribution in [3.8, 4) is 61.6 Å². The highest BCUT2D eigenvalue weighted by molar-refractivity contribution is 6.14. The molecule has 0 radical (unpaired) electrons. The summed E-state index contributed by atoms with van der Waals surface area (Å²) in [5.41, 5.74) is 12.7. The second-order valence-corrected chi connectivity index (χ2v) is 14.5. The molecule has 0 aliphatic rings. The van der Waals surface area contributed by atoms with Crippen LogP contribution in [0.25, 0.3) is 105 Å². The second-order valence-electron chi connectivity index (χ2n) is 14.5. The number of hydrogen-bond acceptors (Lipinski definition) is 3. The van der Waals surface area contributed by atoms with Crippen molar-refractivity contribution in [2.75, 3.05) is 0 Å². The van der Waals surface area contributed by atoms with Crippen LogP contribution in [0.3, 0.4) is 0 Å². The van der Waals surface area contributed by atoms with Gasteiger partial charge in [0.1, 0.15) is 11.3 Å². The lowest BCUT2D eigenvalue weighted by molar-refractivity contribution is 1.08. The zero-order valence-electron chi connectivity index (χ0n) is 30.9. The third-order valence-corrected chi connectivity index (χ3v) is 11.1. The largest absolute Gasteiger partial charge is 0.277 e. The summed E-state index contributed by atoms with van der Waals surface area (Å²) < 4.78 is 2.18. The van der Waals surface area contributed by atoms with Crippen LogP contribution < -0.4 is 0 Å². The van der Waals surface area contributed by atoms with Gasteiger partial charge >= 0.3 is 0 Å². The Labute approximate surface area is 330 Å². The third-order valence-electron chi connectivity index (χ3n) is 11.1. The quantitative estimate of drug-likeness (QED) is 0.160. The van der Waals surface area contributed by atoms with E-state index in [2.05, 4.69) is 185 Å². The molecule has 8 aromatic carbocycles. The summed E-state index contributed by atoms with van der Waals surface area (Å²) in [4.78, 5) is 14.8. The molecule has 4 nitrogen and oxygen atoms in total. The molecular weight excluding hydrogens is 693 g/mol. The molecule has 11 rings (SSSR count). The molecule has 3 aromatic heterocycles. The van der Waals surface area contributed by atoms with Gasteiger partial charge in [-0.3, -0.25) is 9.55 Å². The predicted molar refractivity (Wildman–Crippen MR) is 236 cm³/mol. The number of nitrogens with zero attached hydrogens (tertiary/aromatic N) is 4. The highest BCUT2D eigenvalue weighted by atomic mass is 15.1. The van der Waals surface area contributed by atoms with Crippen LogP contribution in [0.1, 0.15) is 0 Å². The van der Waals surface area contributed by atoms with Gasteiger partial charge in [-0.2, -0.15) is 0 Å². The highest BCUT2D eigenvalue weighted by Crippen LogP contribution is 2.40. The van der Waals surface area contributed by atoms with E-state index >= 15 is 0 Å². The molecule has 0 aliphatic heterocycles. The SMILES string of the molecule is c1ccc(-n2c(-c3ccc(-c4cc(-c5cccnc5)cc(-c5cc6ccccc6c6ccccc56)c4)cc3)nc3c(-c4ccc5ccccc5c4)ccnc32)cc1. The molecule has 0 spiro atoms. The first-order chi connectivity index (χ1) is 28.2. The molecular formula is C53H34N4. The van der Waals surface area contributed by atoms with E-state index in [9.17, 15) is 0 Å². The van der Waals surface area contributed by atoms with Crippen LogP contribution >= 0.6 is 0 Å². The van der Waals surface area contributed by atoms with Gasteiger partial charge in [-0.25, -0.2) is 9.97 Å². The zero-order chi connectivity index (χ0) is 37.7. The number of aromatic nitrogens is 4. The van der Waals surface area contributed by atoms with E-state index < -0.39 is 0 Å². The van der Waals surface area contributed by atoms with E-state index in [1.807, 2.05) is 30.7 Å². The molecule has 3 heterocycles. The molecule has 0 atom stereocenters. The Morgan fingerprint density at radius 3 is 1.84 bits per heavy atom. The van der Waals surface area contributed by atoms with Gasteiger partial charge in [0.15, 0.2) is 5.65 Å². The van der Waals surface area contributed by atoms with Gasteiger partial charge in [0.25, 0.3) is 0 Å². The molecule has 0 saturated carbocycles. The molecule has 11 aromatic rings. The van der Waals surface area contributed by atoms with Crippen LogP contribution in [0.2, 0.25) is 0 Å². The fourth-order valence-corrected chi connectivity index (χ4v) is 8.33. The number of imidazole rings is 1. The number of hydrogen-bond donors (Lipinski definition) is 0. The lowest BCUT2D eigenvalue weighted by atomic mass is 9.89. The van der Waals surface area contributed by atoms with Crippen molar-refractivity contribution in [2.24, 2.45) is 0 Å². The Morgan fingerprint density at radius 2 is 1.04 bits per heavy atom. The fraction of sp³-hybridized carbons (Fsp3) is 0. The van der Waals surface area contributed by atoms with Gasteiger partial charge in [0, 0.05) is 41.0 Å². The van der Waals surface area contributed by atoms with Crippen molar-refractivity contribution < 1.29 is 0 Å². The molecule has 4 heteroatoms. The first-order valence-corrected chi connectivity index (χ1v) is 19.2. The maximum atomic E-state index is 5.37. The monoisotopic (exact) mass is 726 g/mol. The van der Waals surface area contributed by atoms with Gasteiger partial charge in [0.2, 0.25) is 0 Å². The minimum Gasteiger partial charge on any atom is -0.277 e. The van der Waals surface area contributed by atoms with Gasteiger partial charge < -0.3 is 0 Å². The van der Waals surface area contributed by atoms with Crippen LogP contribution in [-0.2, 0) is 0 Å². The summed E-state index contributed by atoms with van der Waals surface area (Å²) in [5.74, 6) is 0.843. The van der Waals surface area contributed by atoms with E-state index in [0.29, 0.717) is 0 Å². The summed E-state index contributed by atoms with van der Waals surface area (Å²) in [5, 5.41) is 7.38. The minimum atomic E-state index is 0.822. The van der Waals surface area contributed by atoms with E-state index in [4.69, 9.17) is 9.97 Å². The van der Waals surface area contributed by atoms with E-state index in [1.54, 1.807) is 0 Å². The lowest BCUT2D eigenvalue weighted by Gasteiger charge is -2.15. The summed E-state index contributed by atoms with van der Waals surface area (Å²) in [6, 6.07) is 67.1. The zero-order valence-corrected chi connectivity index (χ0v) is 30.9. The fourth-order valence-electron chi connectivity index (χ4n) is 8.33. The summed E-state index contributed by atoms with van der Waals surface area (Å²) >= 11 is 0. The van der Waals surface area contributed by atoms with Crippen LogP contribution in [0.5, 0.6) is 0 Å².